The molecule has 3 rings (SSSR count). The van der Waals surface area contributed by atoms with E-state index in [9.17, 15) is 0 Å². The van der Waals surface area contributed by atoms with E-state index in [2.05, 4.69) is 9.97 Å². The van der Waals surface area contributed by atoms with E-state index >= 15 is 0 Å². The van der Waals surface area contributed by atoms with Crippen molar-refractivity contribution in [1.29, 1.82) is 0 Å². The van der Waals surface area contributed by atoms with Crippen LogP contribution >= 0.6 is 34.8 Å². The Morgan fingerprint density at radius 1 is 0.846 bits per heavy atom. The molecule has 1 heterocycles. The second kappa shape index (κ2) is 7.35. The number of alkyl halides is 3. The third-order valence-electron chi connectivity index (χ3n) is 3.79. The van der Waals surface area contributed by atoms with Crippen LogP contribution in [0.15, 0.2) is 36.4 Å². The van der Waals surface area contributed by atoms with Crippen molar-refractivity contribution in [3.63, 3.8) is 0 Å². The molecular weight excluding hydrogens is 399 g/mol. The maximum absolute atomic E-state index is 6.02. The Labute approximate surface area is 165 Å². The van der Waals surface area contributed by atoms with Crippen LogP contribution in [0.4, 0.5) is 0 Å². The molecule has 0 saturated heterocycles. The lowest BCUT2D eigenvalue weighted by Gasteiger charge is -2.16. The van der Waals surface area contributed by atoms with Crippen LogP contribution in [-0.2, 0) is 3.79 Å². The van der Waals surface area contributed by atoms with Gasteiger partial charge in [0.25, 0.3) is 0 Å². The van der Waals surface area contributed by atoms with E-state index in [1.807, 2.05) is 24.3 Å². The smallest absolute Gasteiger partial charge is 0.250 e. The molecule has 0 aliphatic carbocycles. The number of ether oxygens (including phenoxy) is 3. The summed E-state index contributed by atoms with van der Waals surface area (Å²) in [4.78, 5) is 8.85. The van der Waals surface area contributed by atoms with Crippen LogP contribution < -0.4 is 14.2 Å². The molecule has 0 saturated carbocycles. The van der Waals surface area contributed by atoms with Gasteiger partial charge >= 0.3 is 0 Å². The largest absolute Gasteiger partial charge is 0.493 e. The number of methoxy groups -OCH3 is 3. The Balaban J connectivity index is 2.34. The maximum Gasteiger partial charge on any atom is 0.250 e. The van der Waals surface area contributed by atoms with E-state index in [0.29, 0.717) is 34.0 Å². The van der Waals surface area contributed by atoms with Gasteiger partial charge in [0.05, 0.1) is 32.5 Å². The molecular formula is C18H15Cl3N2O3. The first kappa shape index (κ1) is 18.8. The fraction of sp³-hybridized carbons (Fsp3) is 0.222. The van der Waals surface area contributed by atoms with Gasteiger partial charge in [-0.3, -0.25) is 0 Å². The third-order valence-corrected chi connectivity index (χ3v) is 4.30. The number of fused-ring (bicyclic) bond motifs is 1. The number of aromatic nitrogens is 2. The quantitative estimate of drug-likeness (QED) is 0.554. The number of para-hydroxylation sites is 1. The van der Waals surface area contributed by atoms with Gasteiger partial charge < -0.3 is 14.2 Å². The summed E-state index contributed by atoms with van der Waals surface area (Å²) in [5.74, 6) is 1.57. The molecule has 8 heteroatoms. The Hall–Kier alpha value is -1.95. The van der Waals surface area contributed by atoms with Crippen LogP contribution in [0.2, 0.25) is 0 Å². The zero-order chi connectivity index (χ0) is 18.9. The molecule has 26 heavy (non-hydrogen) atoms. The fourth-order valence-electron chi connectivity index (χ4n) is 2.64. The van der Waals surface area contributed by atoms with Gasteiger partial charge in [0.2, 0.25) is 9.54 Å². The highest BCUT2D eigenvalue weighted by molar-refractivity contribution is 6.66. The van der Waals surface area contributed by atoms with E-state index in [1.165, 1.54) is 0 Å². The second-order valence-corrected chi connectivity index (χ2v) is 7.61. The lowest BCUT2D eigenvalue weighted by Crippen LogP contribution is -2.08. The average molecular weight is 414 g/mol. The predicted octanol–water partition coefficient (Wildman–Crippen LogP) is 5.15. The average Bonchev–Trinajstić information content (AvgIpc) is 2.65. The van der Waals surface area contributed by atoms with Gasteiger partial charge in [-0.25, -0.2) is 9.97 Å². The molecule has 1 aromatic heterocycles. The summed E-state index contributed by atoms with van der Waals surface area (Å²) in [5, 5.41) is 0.805. The molecule has 0 bridgehead atoms. The molecule has 3 aromatic rings. The number of nitrogens with zero attached hydrogens (tertiary/aromatic N) is 2. The maximum atomic E-state index is 6.02. The second-order valence-electron chi connectivity index (χ2n) is 5.32. The standard InChI is InChI=1S/C18H15Cl3N2O3/c1-24-13-8-10(9-14(25-2)16(13)26-3)15-11-6-4-5-7-12(11)22-17(23-15)18(19,20)21/h4-9H,1-3H3. The van der Waals surface area contributed by atoms with Crippen molar-refractivity contribution in [1.82, 2.24) is 9.97 Å². The number of hydrogen-bond donors (Lipinski definition) is 0. The van der Waals surface area contributed by atoms with Crippen molar-refractivity contribution in [3.8, 4) is 28.5 Å². The van der Waals surface area contributed by atoms with E-state index in [0.717, 1.165) is 5.39 Å². The molecule has 0 unspecified atom stereocenters. The third kappa shape index (κ3) is 3.47. The molecule has 0 aliphatic heterocycles. The van der Waals surface area contributed by atoms with Crippen molar-refractivity contribution >= 4 is 45.7 Å². The van der Waals surface area contributed by atoms with Crippen LogP contribution in [0.25, 0.3) is 22.2 Å². The molecule has 0 fully saturated rings. The SMILES string of the molecule is COc1cc(-c2nc(C(Cl)(Cl)Cl)nc3ccccc23)cc(OC)c1OC. The molecule has 5 nitrogen and oxygen atoms in total. The minimum atomic E-state index is -1.75. The van der Waals surface area contributed by atoms with Gasteiger partial charge in [-0.15, -0.1) is 0 Å². The first-order chi connectivity index (χ1) is 12.4. The lowest BCUT2D eigenvalue weighted by molar-refractivity contribution is 0.324. The van der Waals surface area contributed by atoms with Gasteiger partial charge in [-0.2, -0.15) is 0 Å². The highest BCUT2D eigenvalue weighted by atomic mass is 35.6. The zero-order valence-electron chi connectivity index (χ0n) is 14.2. The van der Waals surface area contributed by atoms with E-state index in [4.69, 9.17) is 49.0 Å². The van der Waals surface area contributed by atoms with Gasteiger partial charge in [0, 0.05) is 10.9 Å². The Morgan fingerprint density at radius 3 is 2.00 bits per heavy atom. The lowest BCUT2D eigenvalue weighted by atomic mass is 10.0. The summed E-state index contributed by atoms with van der Waals surface area (Å²) < 4.78 is 14.5. The molecule has 0 aliphatic rings. The monoisotopic (exact) mass is 412 g/mol. The highest BCUT2D eigenvalue weighted by Crippen LogP contribution is 2.43. The number of benzene rings is 2. The van der Waals surface area contributed by atoms with E-state index in [-0.39, 0.29) is 5.82 Å². The topological polar surface area (TPSA) is 53.5 Å². The number of halogens is 3. The number of hydrogen-bond acceptors (Lipinski definition) is 5. The van der Waals surface area contributed by atoms with Crippen molar-refractivity contribution < 1.29 is 14.2 Å². The minimum absolute atomic E-state index is 0.0879. The van der Waals surface area contributed by atoms with Crippen molar-refractivity contribution in [2.24, 2.45) is 0 Å². The zero-order valence-corrected chi connectivity index (χ0v) is 16.5. The van der Waals surface area contributed by atoms with Crippen LogP contribution in [0.5, 0.6) is 17.2 Å². The molecule has 0 N–H and O–H groups in total. The van der Waals surface area contributed by atoms with Crippen LogP contribution in [-0.4, -0.2) is 31.3 Å². The first-order valence-electron chi connectivity index (χ1n) is 7.53. The van der Waals surface area contributed by atoms with Crippen molar-refractivity contribution in [3.05, 3.63) is 42.2 Å². The normalized spacial score (nSPS) is 11.5. The minimum Gasteiger partial charge on any atom is -0.493 e. The van der Waals surface area contributed by atoms with Crippen molar-refractivity contribution in [2.75, 3.05) is 21.3 Å². The van der Waals surface area contributed by atoms with E-state index in [1.54, 1.807) is 33.5 Å². The summed E-state index contributed by atoms with van der Waals surface area (Å²) in [6.07, 6.45) is 0. The molecule has 0 amide bonds. The molecule has 136 valence electrons. The molecule has 0 atom stereocenters. The predicted molar refractivity (Wildman–Crippen MR) is 104 cm³/mol. The summed E-state index contributed by atoms with van der Waals surface area (Å²) in [6, 6.07) is 11.1. The Bertz CT molecular complexity index is 933. The first-order valence-corrected chi connectivity index (χ1v) is 8.66. The van der Waals surface area contributed by atoms with Gasteiger partial charge in [0.1, 0.15) is 0 Å². The Morgan fingerprint density at radius 2 is 1.46 bits per heavy atom. The van der Waals surface area contributed by atoms with Crippen LogP contribution in [0.1, 0.15) is 5.82 Å². The summed E-state index contributed by atoms with van der Waals surface area (Å²) in [6.45, 7) is 0. The van der Waals surface area contributed by atoms with Gasteiger partial charge in [-0.1, -0.05) is 53.0 Å². The fourth-order valence-corrected chi connectivity index (χ4v) is 2.89. The van der Waals surface area contributed by atoms with Crippen LogP contribution in [0.3, 0.4) is 0 Å². The van der Waals surface area contributed by atoms with E-state index < -0.39 is 3.79 Å². The molecule has 0 spiro atoms. The molecule has 2 aromatic carbocycles. The van der Waals surface area contributed by atoms with Crippen molar-refractivity contribution in [2.45, 2.75) is 3.79 Å². The Kier molecular flexibility index (Phi) is 5.32. The van der Waals surface area contributed by atoms with Gasteiger partial charge in [-0.05, 0) is 18.2 Å². The van der Waals surface area contributed by atoms with Crippen LogP contribution in [0, 0.1) is 0 Å². The molecule has 0 radical (unpaired) electrons. The summed E-state index contributed by atoms with van der Waals surface area (Å²) in [5.41, 5.74) is 1.97. The number of rotatable bonds is 4. The summed E-state index contributed by atoms with van der Waals surface area (Å²) >= 11 is 18.1. The highest BCUT2D eigenvalue weighted by Gasteiger charge is 2.28. The van der Waals surface area contributed by atoms with Gasteiger partial charge in [0.15, 0.2) is 17.3 Å². The summed E-state index contributed by atoms with van der Waals surface area (Å²) in [7, 11) is 4.64.